The summed E-state index contributed by atoms with van der Waals surface area (Å²) in [6, 6.07) is 0. The molecular formula is C12H19N3O2. The van der Waals surface area contributed by atoms with Gasteiger partial charge in [-0.15, -0.1) is 10.2 Å². The lowest BCUT2D eigenvalue weighted by atomic mass is 10.00. The molecule has 1 N–H and O–H groups in total. The van der Waals surface area contributed by atoms with E-state index < -0.39 is 0 Å². The summed E-state index contributed by atoms with van der Waals surface area (Å²) in [6.07, 6.45) is 4.48. The molecule has 1 aromatic rings. The van der Waals surface area contributed by atoms with Crippen LogP contribution >= 0.6 is 0 Å². The third-order valence-electron chi connectivity index (χ3n) is 3.85. The van der Waals surface area contributed by atoms with Gasteiger partial charge in [-0.05, 0) is 26.2 Å². The highest BCUT2D eigenvalue weighted by atomic mass is 16.5. The van der Waals surface area contributed by atoms with Gasteiger partial charge in [0.25, 0.3) is 0 Å². The van der Waals surface area contributed by atoms with Gasteiger partial charge in [0.05, 0.1) is 6.10 Å². The number of aliphatic hydroxyl groups excluding tert-OH is 1. The van der Waals surface area contributed by atoms with Crippen molar-refractivity contribution in [1.29, 1.82) is 0 Å². The van der Waals surface area contributed by atoms with Gasteiger partial charge in [0.15, 0.2) is 5.82 Å². The predicted molar refractivity (Wildman–Crippen MR) is 61.4 cm³/mol. The molecule has 3 rings (SSSR count). The van der Waals surface area contributed by atoms with Gasteiger partial charge in [-0.1, -0.05) is 0 Å². The molecule has 0 radical (unpaired) electrons. The van der Waals surface area contributed by atoms with Crippen LogP contribution in [0.2, 0.25) is 0 Å². The molecule has 0 saturated carbocycles. The highest BCUT2D eigenvalue weighted by molar-refractivity contribution is 5.04. The molecule has 0 bridgehead atoms. The standard InChI is InChI=1S/C12H19N3O2/c1-8-2-4-10(17-8)12-14-13-11-5-3-9(7-16)6-15(11)12/h8-10,16H,2-7H2,1H3. The number of nitrogens with zero attached hydrogens (tertiary/aromatic N) is 3. The van der Waals surface area contributed by atoms with Crippen molar-refractivity contribution in [3.63, 3.8) is 0 Å². The zero-order valence-corrected chi connectivity index (χ0v) is 10.2. The molecular weight excluding hydrogens is 218 g/mol. The molecule has 3 atom stereocenters. The number of fused-ring (bicyclic) bond motifs is 1. The fourth-order valence-corrected chi connectivity index (χ4v) is 2.80. The van der Waals surface area contributed by atoms with Crippen LogP contribution in [0, 0.1) is 5.92 Å². The first kappa shape index (κ1) is 11.2. The Kier molecular flexibility index (Phi) is 2.88. The van der Waals surface area contributed by atoms with E-state index in [9.17, 15) is 5.11 Å². The second-order valence-corrected chi connectivity index (χ2v) is 5.18. The fraction of sp³-hybridized carbons (Fsp3) is 0.833. The van der Waals surface area contributed by atoms with Crippen LogP contribution in [0.5, 0.6) is 0 Å². The fourth-order valence-electron chi connectivity index (χ4n) is 2.80. The van der Waals surface area contributed by atoms with Gasteiger partial charge in [-0.3, -0.25) is 0 Å². The van der Waals surface area contributed by atoms with Crippen molar-refractivity contribution in [2.24, 2.45) is 5.92 Å². The summed E-state index contributed by atoms with van der Waals surface area (Å²) in [7, 11) is 0. The molecule has 3 heterocycles. The van der Waals surface area contributed by atoms with E-state index in [1.54, 1.807) is 0 Å². The lowest BCUT2D eigenvalue weighted by Crippen LogP contribution is -2.25. The van der Waals surface area contributed by atoms with Gasteiger partial charge in [0.1, 0.15) is 11.9 Å². The van der Waals surface area contributed by atoms with Crippen LogP contribution in [0.4, 0.5) is 0 Å². The first-order valence-electron chi connectivity index (χ1n) is 6.46. The Bertz CT molecular complexity index is 404. The largest absolute Gasteiger partial charge is 0.396 e. The third kappa shape index (κ3) is 1.98. The van der Waals surface area contributed by atoms with Crippen LogP contribution in [0.1, 0.15) is 43.9 Å². The van der Waals surface area contributed by atoms with E-state index in [0.29, 0.717) is 12.0 Å². The second kappa shape index (κ2) is 4.38. The van der Waals surface area contributed by atoms with Crippen LogP contribution in [0.3, 0.4) is 0 Å². The first-order chi connectivity index (χ1) is 8.28. The van der Waals surface area contributed by atoms with Crippen LogP contribution in [-0.4, -0.2) is 32.6 Å². The Balaban J connectivity index is 1.84. The maximum Gasteiger partial charge on any atom is 0.162 e. The number of aryl methyl sites for hydroxylation is 1. The quantitative estimate of drug-likeness (QED) is 0.836. The molecule has 94 valence electrons. The summed E-state index contributed by atoms with van der Waals surface area (Å²) in [5.41, 5.74) is 0. The minimum absolute atomic E-state index is 0.101. The zero-order chi connectivity index (χ0) is 11.8. The van der Waals surface area contributed by atoms with E-state index in [1.807, 2.05) is 0 Å². The maximum atomic E-state index is 9.27. The lowest BCUT2D eigenvalue weighted by molar-refractivity contribution is 0.0463. The predicted octanol–water partition coefficient (Wildman–Crippen LogP) is 1.07. The van der Waals surface area contributed by atoms with Crippen molar-refractivity contribution >= 4 is 0 Å². The summed E-state index contributed by atoms with van der Waals surface area (Å²) in [5.74, 6) is 2.35. The Morgan fingerprint density at radius 2 is 2.24 bits per heavy atom. The van der Waals surface area contributed by atoms with E-state index in [1.165, 1.54) is 0 Å². The molecule has 1 fully saturated rings. The van der Waals surface area contributed by atoms with Crippen molar-refractivity contribution < 1.29 is 9.84 Å². The number of aliphatic hydroxyl groups is 1. The zero-order valence-electron chi connectivity index (χ0n) is 10.2. The summed E-state index contributed by atoms with van der Waals surface area (Å²) < 4.78 is 8.01. The van der Waals surface area contributed by atoms with Crippen molar-refractivity contribution in [3.05, 3.63) is 11.6 Å². The minimum atomic E-state index is 0.101. The molecule has 3 unspecified atom stereocenters. The Morgan fingerprint density at radius 1 is 1.35 bits per heavy atom. The van der Waals surface area contributed by atoms with Gasteiger partial charge in [0.2, 0.25) is 0 Å². The molecule has 0 amide bonds. The molecule has 5 heteroatoms. The number of ether oxygens (including phenoxy) is 1. The molecule has 1 aromatic heterocycles. The number of aromatic nitrogens is 3. The Labute approximate surface area is 101 Å². The van der Waals surface area contributed by atoms with Crippen molar-refractivity contribution in [2.75, 3.05) is 6.61 Å². The Hall–Kier alpha value is -0.940. The molecule has 1 saturated heterocycles. The topological polar surface area (TPSA) is 60.2 Å². The average molecular weight is 237 g/mol. The summed E-state index contributed by atoms with van der Waals surface area (Å²) in [5, 5.41) is 17.8. The molecule has 2 aliphatic heterocycles. The van der Waals surface area contributed by atoms with Crippen molar-refractivity contribution in [3.8, 4) is 0 Å². The normalized spacial score (nSPS) is 32.7. The van der Waals surface area contributed by atoms with Gasteiger partial charge in [-0.2, -0.15) is 0 Å². The Morgan fingerprint density at radius 3 is 2.94 bits per heavy atom. The van der Waals surface area contributed by atoms with Crippen molar-refractivity contribution in [1.82, 2.24) is 14.8 Å². The molecule has 2 aliphatic rings. The average Bonchev–Trinajstić information content (AvgIpc) is 2.93. The second-order valence-electron chi connectivity index (χ2n) is 5.18. The summed E-state index contributed by atoms with van der Waals surface area (Å²) >= 11 is 0. The van der Waals surface area contributed by atoms with E-state index >= 15 is 0 Å². The lowest BCUT2D eigenvalue weighted by Gasteiger charge is -2.23. The first-order valence-corrected chi connectivity index (χ1v) is 6.46. The van der Waals surface area contributed by atoms with Crippen molar-refractivity contribution in [2.45, 2.75) is 51.4 Å². The summed E-state index contributed by atoms with van der Waals surface area (Å²) in [4.78, 5) is 0. The number of hydrogen-bond donors (Lipinski definition) is 1. The minimum Gasteiger partial charge on any atom is -0.396 e. The number of rotatable bonds is 2. The molecule has 0 aromatic carbocycles. The highest BCUT2D eigenvalue weighted by Crippen LogP contribution is 2.33. The van der Waals surface area contributed by atoms with Crippen LogP contribution < -0.4 is 0 Å². The number of hydrogen-bond acceptors (Lipinski definition) is 4. The van der Waals surface area contributed by atoms with E-state index in [2.05, 4.69) is 21.7 Å². The highest BCUT2D eigenvalue weighted by Gasteiger charge is 2.31. The van der Waals surface area contributed by atoms with Gasteiger partial charge in [-0.25, -0.2) is 0 Å². The molecule has 17 heavy (non-hydrogen) atoms. The summed E-state index contributed by atoms with van der Waals surface area (Å²) in [6.45, 7) is 3.19. The van der Waals surface area contributed by atoms with Crippen LogP contribution in [0.15, 0.2) is 0 Å². The SMILES string of the molecule is CC1CCC(c2nnc3n2CC(CO)CC3)O1. The van der Waals surface area contributed by atoms with Crippen LogP contribution in [-0.2, 0) is 17.7 Å². The maximum absolute atomic E-state index is 9.27. The van der Waals surface area contributed by atoms with E-state index in [0.717, 1.165) is 43.9 Å². The third-order valence-corrected chi connectivity index (χ3v) is 3.85. The molecule has 0 aliphatic carbocycles. The van der Waals surface area contributed by atoms with E-state index in [-0.39, 0.29) is 12.7 Å². The van der Waals surface area contributed by atoms with Gasteiger partial charge in [0, 0.05) is 25.5 Å². The smallest absolute Gasteiger partial charge is 0.162 e. The monoisotopic (exact) mass is 237 g/mol. The molecule has 0 spiro atoms. The van der Waals surface area contributed by atoms with Gasteiger partial charge >= 0.3 is 0 Å². The molecule has 5 nitrogen and oxygen atoms in total. The van der Waals surface area contributed by atoms with Gasteiger partial charge < -0.3 is 14.4 Å². The van der Waals surface area contributed by atoms with E-state index in [4.69, 9.17) is 4.74 Å². The van der Waals surface area contributed by atoms with Crippen LogP contribution in [0.25, 0.3) is 0 Å².